The standard InChI is InChI=1S/HNO2.H3N.H2O4S/c2-1-3;;1-5(2,3)4/h1H;1H3;(H2,1,2,3,4). The second-order valence-electron chi connectivity index (χ2n) is 0.531. The maximum atomic E-state index is 8.74. The van der Waals surface area contributed by atoms with E-state index in [1.807, 2.05) is 0 Å². The summed E-state index contributed by atoms with van der Waals surface area (Å²) in [6.07, 6.45) is 0. The average molecular weight is 162 g/mol. The summed E-state index contributed by atoms with van der Waals surface area (Å²) < 4.78 is 31.6. The van der Waals surface area contributed by atoms with Crippen molar-refractivity contribution in [1.82, 2.24) is 6.15 Å². The minimum absolute atomic E-state index is 0. The number of nitrogens with one attached hydrogen (secondary N) is 1. The van der Waals surface area contributed by atoms with Crippen LogP contribution in [0.5, 0.6) is 0 Å². The molecule has 0 amide bonds. The quantitative estimate of drug-likeness (QED) is 0.179. The summed E-state index contributed by atoms with van der Waals surface area (Å²) in [5, 5.41) is 8.38. The van der Waals surface area contributed by atoms with E-state index in [-0.39, 0.29) is 11.5 Å². The molecule has 0 saturated carbocycles. The van der Waals surface area contributed by atoms with Crippen molar-refractivity contribution in [3.05, 3.63) is 10.1 Å². The van der Waals surface area contributed by atoms with E-state index in [1.165, 1.54) is 0 Å². The molecule has 0 fully saturated rings. The molecule has 9 heavy (non-hydrogen) atoms. The first kappa shape index (κ1) is 15.7. The molecule has 0 spiro atoms. The smallest absolute Gasteiger partial charge is 0.344 e. The van der Waals surface area contributed by atoms with Crippen molar-refractivity contribution in [2.75, 3.05) is 0 Å². The van der Waals surface area contributed by atoms with E-state index >= 15 is 0 Å². The second-order valence-corrected chi connectivity index (χ2v) is 1.43. The Labute approximate surface area is 50.6 Å². The molecule has 0 aliphatic heterocycles. The van der Waals surface area contributed by atoms with E-state index in [4.69, 9.17) is 27.6 Å². The Morgan fingerprint density at radius 2 is 1.33 bits per heavy atom. The van der Waals surface area contributed by atoms with Crippen LogP contribution in [0.1, 0.15) is 0 Å². The molecule has 58 valence electrons. The topological polar surface area (TPSA) is 164 Å². The molecule has 8 nitrogen and oxygen atoms in total. The van der Waals surface area contributed by atoms with Gasteiger partial charge >= 0.3 is 10.4 Å². The van der Waals surface area contributed by atoms with Crippen LogP contribution >= 0.6 is 0 Å². The predicted octanol–water partition coefficient (Wildman–Crippen LogP) is -2.16. The lowest BCUT2D eigenvalue weighted by Crippen LogP contribution is -2.53. The van der Waals surface area contributed by atoms with Crippen LogP contribution in [-0.2, 0) is 10.4 Å². The van der Waals surface area contributed by atoms with Crippen LogP contribution in [-0.4, -0.2) is 17.5 Å². The summed E-state index contributed by atoms with van der Waals surface area (Å²) in [6.45, 7) is 0. The first-order valence-corrected chi connectivity index (χ1v) is 2.50. The summed E-state index contributed by atoms with van der Waals surface area (Å²) >= 11 is 0. The molecule has 0 aliphatic carbocycles. The highest BCUT2D eigenvalue weighted by atomic mass is 32.3. The highest BCUT2D eigenvalue weighted by molar-refractivity contribution is 7.79. The van der Waals surface area contributed by atoms with Crippen LogP contribution in [0.3, 0.4) is 0 Å². The molecule has 0 saturated heterocycles. The van der Waals surface area contributed by atoms with Crippen molar-refractivity contribution in [2.24, 2.45) is 0 Å². The number of hydrogen-bond donors (Lipinski definition) is 4. The number of hydrogen-bond acceptors (Lipinski definition) is 5. The zero-order valence-corrected chi connectivity index (χ0v) is 4.96. The van der Waals surface area contributed by atoms with Gasteiger partial charge in [-0.3, -0.25) is 19.2 Å². The van der Waals surface area contributed by atoms with E-state index in [1.54, 1.807) is 0 Å². The molecule has 0 bridgehead atoms. The zero-order chi connectivity index (χ0) is 7.21. The molecule has 0 aromatic carbocycles. The normalized spacial score (nSPS) is 7.78. The van der Waals surface area contributed by atoms with Crippen LogP contribution < -0.4 is 11.5 Å². The van der Waals surface area contributed by atoms with Gasteiger partial charge in [0.15, 0.2) is 0 Å². The largest absolute Gasteiger partial charge is 0.394 e. The Morgan fingerprint density at radius 1 is 1.33 bits per heavy atom. The minimum atomic E-state index is -4.67. The van der Waals surface area contributed by atoms with Crippen molar-refractivity contribution >= 4 is 10.4 Å². The van der Waals surface area contributed by atoms with E-state index in [0.29, 0.717) is 0 Å². The molecular formula is H6N2O6S. The minimum Gasteiger partial charge on any atom is -0.344 e. The van der Waals surface area contributed by atoms with Crippen LogP contribution in [0.25, 0.3) is 0 Å². The Bertz CT molecular complexity index is 125. The first-order chi connectivity index (χ1) is 3.41. The lowest BCUT2D eigenvalue weighted by atomic mass is 13.4. The van der Waals surface area contributed by atoms with Gasteiger partial charge in [0.25, 0.3) is 0 Å². The third-order valence-electron chi connectivity index (χ3n) is 0. The Hall–Kier alpha value is -0.770. The van der Waals surface area contributed by atoms with Gasteiger partial charge in [0, 0.05) is 5.34 Å². The van der Waals surface area contributed by atoms with Crippen LogP contribution in [0.4, 0.5) is 0 Å². The van der Waals surface area contributed by atoms with Crippen molar-refractivity contribution < 1.29 is 22.9 Å². The fraction of sp³-hybridized carbons (Fsp3) is 0. The van der Waals surface area contributed by atoms with E-state index in [0.717, 1.165) is 0 Å². The van der Waals surface area contributed by atoms with E-state index in [9.17, 15) is 0 Å². The predicted molar refractivity (Wildman–Crippen MR) is 26.9 cm³/mol. The molecule has 0 aromatic heterocycles. The van der Waals surface area contributed by atoms with Crippen LogP contribution in [0.15, 0.2) is 0 Å². The second kappa shape index (κ2) is 7.23. The Kier molecular flexibility index (Phi) is 12.6. The summed E-state index contributed by atoms with van der Waals surface area (Å²) in [6, 6.07) is 0. The molecule has 0 unspecified atom stereocenters. The summed E-state index contributed by atoms with van der Waals surface area (Å²) in [4.78, 5) is 8.12. The average Bonchev–Trinajstić information content (AvgIpc) is 1.27. The Morgan fingerprint density at radius 3 is 1.33 bits per heavy atom. The van der Waals surface area contributed by atoms with Gasteiger partial charge in [0.05, 0.1) is 0 Å². The van der Waals surface area contributed by atoms with Gasteiger partial charge in [-0.15, -0.1) is 0 Å². The zero-order valence-electron chi connectivity index (χ0n) is 4.14. The van der Waals surface area contributed by atoms with Crippen molar-refractivity contribution in [1.29, 1.82) is 0 Å². The maximum Gasteiger partial charge on any atom is 0.394 e. The highest BCUT2D eigenvalue weighted by Crippen LogP contribution is 1.59. The summed E-state index contributed by atoms with van der Waals surface area (Å²) in [5.74, 6) is 0. The summed E-state index contributed by atoms with van der Waals surface area (Å²) in [5.41, 5.74) is 0. The van der Waals surface area contributed by atoms with Crippen LogP contribution in [0.2, 0.25) is 0 Å². The number of rotatable bonds is 0. The Balaban J connectivity index is -0.0000000800. The third-order valence-corrected chi connectivity index (χ3v) is 0. The molecule has 0 aromatic rings. The summed E-state index contributed by atoms with van der Waals surface area (Å²) in [7, 11) is -4.67. The SMILES string of the molecule is N.O=S(=O)(O)O.O=[NH+][O-]. The fourth-order valence-electron chi connectivity index (χ4n) is 0. The molecule has 0 rings (SSSR count). The van der Waals surface area contributed by atoms with Crippen molar-refractivity contribution in [3.8, 4) is 0 Å². The fourth-order valence-corrected chi connectivity index (χ4v) is 0. The lowest BCUT2D eigenvalue weighted by molar-refractivity contribution is -0.398. The van der Waals surface area contributed by atoms with E-state index < -0.39 is 10.4 Å². The maximum absolute atomic E-state index is 8.74. The van der Waals surface area contributed by atoms with Crippen LogP contribution in [0, 0.1) is 10.1 Å². The third kappa shape index (κ3) is 334. The van der Waals surface area contributed by atoms with Gasteiger partial charge in [-0.1, -0.05) is 0 Å². The molecule has 9 heteroatoms. The van der Waals surface area contributed by atoms with Gasteiger partial charge in [-0.05, 0) is 0 Å². The van der Waals surface area contributed by atoms with Gasteiger partial charge in [-0.2, -0.15) is 8.42 Å². The highest BCUT2D eigenvalue weighted by Gasteiger charge is 1.84. The molecule has 6 N–H and O–H groups in total. The molecule has 0 aliphatic rings. The van der Waals surface area contributed by atoms with Gasteiger partial charge < -0.3 is 6.15 Å². The van der Waals surface area contributed by atoms with Crippen molar-refractivity contribution in [2.45, 2.75) is 0 Å². The molecule has 0 radical (unpaired) electrons. The van der Waals surface area contributed by atoms with Gasteiger partial charge in [0.2, 0.25) is 0 Å². The molecule has 0 atom stereocenters. The van der Waals surface area contributed by atoms with E-state index in [2.05, 4.69) is 0 Å². The first-order valence-electron chi connectivity index (χ1n) is 1.11. The lowest BCUT2D eigenvalue weighted by Gasteiger charge is -1.68. The van der Waals surface area contributed by atoms with Crippen molar-refractivity contribution in [3.63, 3.8) is 0 Å². The van der Waals surface area contributed by atoms with Gasteiger partial charge in [-0.25, -0.2) is 0 Å². The molecule has 0 heterocycles. The monoisotopic (exact) mass is 162 g/mol. The van der Waals surface area contributed by atoms with Gasteiger partial charge in [0.1, 0.15) is 0 Å². The molecular weight excluding hydrogens is 156 g/mol.